The van der Waals surface area contributed by atoms with Crippen molar-refractivity contribution in [2.24, 2.45) is 0 Å². The second kappa shape index (κ2) is 9.36. The normalized spacial score (nSPS) is 10.2. The molecule has 0 saturated heterocycles. The van der Waals surface area contributed by atoms with Crippen LogP contribution in [0.5, 0.6) is 0 Å². The molecule has 0 radical (unpaired) electrons. The third-order valence-corrected chi connectivity index (χ3v) is 3.42. The summed E-state index contributed by atoms with van der Waals surface area (Å²) in [6, 6.07) is 8.72. The molecule has 0 aliphatic carbocycles. The van der Waals surface area contributed by atoms with Crippen LogP contribution in [0, 0.1) is 0 Å². The van der Waals surface area contributed by atoms with Gasteiger partial charge in [0, 0.05) is 31.0 Å². The van der Waals surface area contributed by atoms with E-state index in [9.17, 15) is 9.59 Å². The standard InChI is InChI=1S/C18H23N5O2/c1-3-4-5-11-19-17(25)16-10-12-20-18(23-16)22-15-8-6-14(7-9-15)21-13(2)24/h6-10,12H,3-5,11H2,1-2H3,(H,19,25)(H,21,24)(H,20,22,23). The van der Waals surface area contributed by atoms with Crippen molar-refractivity contribution in [2.75, 3.05) is 17.2 Å². The van der Waals surface area contributed by atoms with Crippen molar-refractivity contribution in [1.82, 2.24) is 15.3 Å². The number of rotatable bonds is 8. The van der Waals surface area contributed by atoms with Crippen LogP contribution in [-0.4, -0.2) is 28.3 Å². The van der Waals surface area contributed by atoms with Gasteiger partial charge in [0.05, 0.1) is 0 Å². The Bertz CT molecular complexity index is 716. The van der Waals surface area contributed by atoms with E-state index in [2.05, 4.69) is 32.8 Å². The Morgan fingerprint density at radius 1 is 1.04 bits per heavy atom. The minimum Gasteiger partial charge on any atom is -0.351 e. The highest BCUT2D eigenvalue weighted by Crippen LogP contribution is 2.16. The molecule has 0 unspecified atom stereocenters. The molecule has 0 aliphatic heterocycles. The lowest BCUT2D eigenvalue weighted by Gasteiger charge is -2.08. The Kier molecular flexibility index (Phi) is 6.88. The van der Waals surface area contributed by atoms with Gasteiger partial charge in [0.1, 0.15) is 5.69 Å². The van der Waals surface area contributed by atoms with Crippen molar-refractivity contribution in [1.29, 1.82) is 0 Å². The minimum absolute atomic E-state index is 0.123. The van der Waals surface area contributed by atoms with Crippen LogP contribution in [0.4, 0.5) is 17.3 Å². The molecular weight excluding hydrogens is 318 g/mol. The van der Waals surface area contributed by atoms with Crippen LogP contribution in [-0.2, 0) is 4.79 Å². The van der Waals surface area contributed by atoms with Gasteiger partial charge in [-0.1, -0.05) is 19.8 Å². The second-order valence-electron chi connectivity index (χ2n) is 5.61. The van der Waals surface area contributed by atoms with Crippen molar-refractivity contribution in [3.63, 3.8) is 0 Å². The maximum atomic E-state index is 12.1. The highest BCUT2D eigenvalue weighted by molar-refractivity contribution is 5.92. The Labute approximate surface area is 147 Å². The Hall–Kier alpha value is -2.96. The van der Waals surface area contributed by atoms with Crippen molar-refractivity contribution in [2.45, 2.75) is 33.1 Å². The molecule has 0 spiro atoms. The molecular formula is C18H23N5O2. The average Bonchev–Trinajstić information content (AvgIpc) is 2.60. The first-order valence-electron chi connectivity index (χ1n) is 8.34. The van der Waals surface area contributed by atoms with Gasteiger partial charge in [-0.25, -0.2) is 9.97 Å². The van der Waals surface area contributed by atoms with Gasteiger partial charge in [-0.3, -0.25) is 9.59 Å². The summed E-state index contributed by atoms with van der Waals surface area (Å²) >= 11 is 0. The van der Waals surface area contributed by atoms with Gasteiger partial charge >= 0.3 is 0 Å². The van der Waals surface area contributed by atoms with Crippen molar-refractivity contribution < 1.29 is 9.59 Å². The number of carbonyl (C=O) groups is 2. The first-order valence-corrected chi connectivity index (χ1v) is 8.34. The Morgan fingerprint density at radius 2 is 1.76 bits per heavy atom. The summed E-state index contributed by atoms with van der Waals surface area (Å²) in [4.78, 5) is 31.5. The van der Waals surface area contributed by atoms with E-state index in [-0.39, 0.29) is 11.8 Å². The summed E-state index contributed by atoms with van der Waals surface area (Å²) in [5.41, 5.74) is 1.79. The molecule has 0 atom stereocenters. The van der Waals surface area contributed by atoms with Gasteiger partial charge in [-0.15, -0.1) is 0 Å². The Morgan fingerprint density at radius 3 is 2.44 bits per heavy atom. The van der Waals surface area contributed by atoms with E-state index < -0.39 is 0 Å². The number of hydrogen-bond acceptors (Lipinski definition) is 5. The van der Waals surface area contributed by atoms with Gasteiger partial charge in [-0.05, 0) is 36.8 Å². The molecule has 3 N–H and O–H groups in total. The zero-order valence-electron chi connectivity index (χ0n) is 14.5. The van der Waals surface area contributed by atoms with Crippen molar-refractivity contribution in [3.05, 3.63) is 42.2 Å². The summed E-state index contributed by atoms with van der Waals surface area (Å²) in [7, 11) is 0. The van der Waals surface area contributed by atoms with E-state index >= 15 is 0 Å². The topological polar surface area (TPSA) is 96.0 Å². The number of benzene rings is 1. The van der Waals surface area contributed by atoms with Crippen LogP contribution >= 0.6 is 0 Å². The maximum absolute atomic E-state index is 12.1. The third-order valence-electron chi connectivity index (χ3n) is 3.42. The molecule has 7 heteroatoms. The molecule has 0 fully saturated rings. The predicted octanol–water partition coefficient (Wildman–Crippen LogP) is 3.10. The van der Waals surface area contributed by atoms with Gasteiger partial charge in [0.15, 0.2) is 0 Å². The molecule has 2 amide bonds. The van der Waals surface area contributed by atoms with Gasteiger partial charge < -0.3 is 16.0 Å². The number of amides is 2. The lowest BCUT2D eigenvalue weighted by atomic mass is 10.2. The van der Waals surface area contributed by atoms with E-state index in [1.54, 1.807) is 36.5 Å². The van der Waals surface area contributed by atoms with E-state index in [1.807, 2.05) is 0 Å². The first-order chi connectivity index (χ1) is 12.1. The molecule has 2 rings (SSSR count). The fourth-order valence-electron chi connectivity index (χ4n) is 2.18. The lowest BCUT2D eigenvalue weighted by molar-refractivity contribution is -0.114. The fourth-order valence-corrected chi connectivity index (χ4v) is 2.18. The lowest BCUT2D eigenvalue weighted by Crippen LogP contribution is -2.25. The number of hydrogen-bond donors (Lipinski definition) is 3. The molecule has 1 aromatic carbocycles. The molecule has 0 bridgehead atoms. The molecule has 0 aliphatic rings. The summed E-state index contributed by atoms with van der Waals surface area (Å²) in [5.74, 6) is 0.0118. The van der Waals surface area contributed by atoms with E-state index in [0.717, 1.165) is 24.9 Å². The zero-order chi connectivity index (χ0) is 18.1. The van der Waals surface area contributed by atoms with Crippen molar-refractivity contribution >= 4 is 29.1 Å². The number of anilines is 3. The zero-order valence-corrected chi connectivity index (χ0v) is 14.5. The number of aromatic nitrogens is 2. The van der Waals surface area contributed by atoms with Crippen LogP contribution in [0.1, 0.15) is 43.6 Å². The molecule has 25 heavy (non-hydrogen) atoms. The number of nitrogens with one attached hydrogen (secondary N) is 3. The quantitative estimate of drug-likeness (QED) is 0.641. The van der Waals surface area contributed by atoms with Crippen molar-refractivity contribution in [3.8, 4) is 0 Å². The summed E-state index contributed by atoms with van der Waals surface area (Å²) in [6.45, 7) is 4.22. The first kappa shape index (κ1) is 18.4. The van der Waals surface area contributed by atoms with Crippen LogP contribution < -0.4 is 16.0 Å². The molecule has 0 saturated carbocycles. The smallest absolute Gasteiger partial charge is 0.270 e. The summed E-state index contributed by atoms with van der Waals surface area (Å²) in [5, 5.41) is 8.59. The molecule has 1 aromatic heterocycles. The maximum Gasteiger partial charge on any atom is 0.270 e. The van der Waals surface area contributed by atoms with Gasteiger partial charge in [0.25, 0.3) is 5.91 Å². The number of nitrogens with zero attached hydrogens (tertiary/aromatic N) is 2. The third kappa shape index (κ3) is 6.21. The summed E-state index contributed by atoms with van der Waals surface area (Å²) in [6.07, 6.45) is 4.70. The highest BCUT2D eigenvalue weighted by Gasteiger charge is 2.08. The van der Waals surface area contributed by atoms with Gasteiger partial charge in [-0.2, -0.15) is 0 Å². The van der Waals surface area contributed by atoms with Crippen LogP contribution in [0.3, 0.4) is 0 Å². The van der Waals surface area contributed by atoms with E-state index in [1.165, 1.54) is 6.92 Å². The SMILES string of the molecule is CCCCCNC(=O)c1ccnc(Nc2ccc(NC(C)=O)cc2)n1. The largest absolute Gasteiger partial charge is 0.351 e. The number of unbranched alkanes of at least 4 members (excludes halogenated alkanes) is 2. The molecule has 132 valence electrons. The fraction of sp³-hybridized carbons (Fsp3) is 0.333. The average molecular weight is 341 g/mol. The number of carbonyl (C=O) groups excluding carboxylic acids is 2. The monoisotopic (exact) mass is 341 g/mol. The van der Waals surface area contributed by atoms with Gasteiger partial charge in [0.2, 0.25) is 11.9 Å². The molecule has 2 aromatic rings. The highest BCUT2D eigenvalue weighted by atomic mass is 16.2. The van der Waals surface area contributed by atoms with E-state index in [4.69, 9.17) is 0 Å². The summed E-state index contributed by atoms with van der Waals surface area (Å²) < 4.78 is 0. The second-order valence-corrected chi connectivity index (χ2v) is 5.61. The predicted molar refractivity (Wildman–Crippen MR) is 97.9 cm³/mol. The van der Waals surface area contributed by atoms with Crippen LogP contribution in [0.25, 0.3) is 0 Å². The van der Waals surface area contributed by atoms with Crippen LogP contribution in [0.15, 0.2) is 36.5 Å². The Balaban J connectivity index is 1.96. The minimum atomic E-state index is -0.206. The van der Waals surface area contributed by atoms with Crippen LogP contribution in [0.2, 0.25) is 0 Å². The van der Waals surface area contributed by atoms with E-state index in [0.29, 0.717) is 23.9 Å². The molecule has 1 heterocycles. The molecule has 7 nitrogen and oxygen atoms in total.